The second kappa shape index (κ2) is 2.95. The van der Waals surface area contributed by atoms with Crippen LogP contribution < -0.4 is 0 Å². The smallest absolute Gasteiger partial charge is 0.145 e. The fourth-order valence-electron chi connectivity index (χ4n) is 1.75. The van der Waals surface area contributed by atoms with E-state index in [0.717, 1.165) is 16.9 Å². The molecule has 3 aromatic rings. The summed E-state index contributed by atoms with van der Waals surface area (Å²) in [6.45, 7) is 0. The summed E-state index contributed by atoms with van der Waals surface area (Å²) in [4.78, 5) is 4.36. The van der Waals surface area contributed by atoms with Gasteiger partial charge in [-0.2, -0.15) is 5.10 Å². The van der Waals surface area contributed by atoms with Crippen LogP contribution in [0.5, 0.6) is 0 Å². The highest BCUT2D eigenvalue weighted by Crippen LogP contribution is 2.16. The molecule has 3 rings (SSSR count). The Labute approximate surface area is 86.8 Å². The van der Waals surface area contributed by atoms with Gasteiger partial charge < -0.3 is 0 Å². The summed E-state index contributed by atoms with van der Waals surface area (Å²) < 4.78 is 3.86. The minimum Gasteiger partial charge on any atom is -0.286 e. The molecule has 0 aliphatic carbocycles. The lowest BCUT2D eigenvalue weighted by atomic mass is 10.3. The van der Waals surface area contributed by atoms with Crippen molar-refractivity contribution in [3.05, 3.63) is 42.9 Å². The lowest BCUT2D eigenvalue weighted by molar-refractivity contribution is 0.735. The molecule has 0 saturated heterocycles. The Morgan fingerprint density at radius 1 is 1.13 bits per heavy atom. The topological polar surface area (TPSA) is 35.6 Å². The van der Waals surface area contributed by atoms with E-state index in [1.54, 1.807) is 12.4 Å². The van der Waals surface area contributed by atoms with Crippen molar-refractivity contribution < 1.29 is 0 Å². The zero-order chi connectivity index (χ0) is 10.3. The molecule has 15 heavy (non-hydrogen) atoms. The molecule has 3 heterocycles. The molecule has 0 spiro atoms. The first kappa shape index (κ1) is 8.23. The number of fused-ring (bicyclic) bond motifs is 1. The predicted molar refractivity (Wildman–Crippen MR) is 57.8 cm³/mol. The normalized spacial score (nSPS) is 11.0. The summed E-state index contributed by atoms with van der Waals surface area (Å²) in [6, 6.07) is 8.01. The summed E-state index contributed by atoms with van der Waals surface area (Å²) in [5, 5.41) is 5.29. The van der Waals surface area contributed by atoms with Gasteiger partial charge in [0.25, 0.3) is 0 Å². The Morgan fingerprint density at radius 3 is 2.87 bits per heavy atom. The van der Waals surface area contributed by atoms with Crippen LogP contribution in [0.25, 0.3) is 16.9 Å². The van der Waals surface area contributed by atoms with E-state index in [0.29, 0.717) is 0 Å². The summed E-state index contributed by atoms with van der Waals surface area (Å²) >= 11 is 0. The Kier molecular flexibility index (Phi) is 1.62. The number of nitrogens with zero attached hydrogens (tertiary/aromatic N) is 4. The quantitative estimate of drug-likeness (QED) is 0.597. The molecule has 0 radical (unpaired) electrons. The standard InChI is InChI=1S/C11H10N4/c1-14-10(4-7-13-14)15-8-5-9-3-2-6-12-11(9)15/h2-8H,1H3. The Hall–Kier alpha value is -2.10. The molecule has 74 valence electrons. The first-order chi connectivity index (χ1) is 7.36. The molecule has 0 fully saturated rings. The van der Waals surface area contributed by atoms with Gasteiger partial charge in [-0.25, -0.2) is 4.98 Å². The molecule has 0 bridgehead atoms. The molecule has 0 aliphatic rings. The average molecular weight is 198 g/mol. The van der Waals surface area contributed by atoms with Crippen LogP contribution in [0.1, 0.15) is 0 Å². The van der Waals surface area contributed by atoms with E-state index in [9.17, 15) is 0 Å². The molecule has 0 saturated carbocycles. The molecule has 0 amide bonds. The molecule has 0 aliphatic heterocycles. The Bertz CT molecular complexity index is 606. The highest BCUT2D eigenvalue weighted by Gasteiger charge is 2.05. The number of hydrogen-bond acceptors (Lipinski definition) is 2. The molecule has 4 heteroatoms. The van der Waals surface area contributed by atoms with Gasteiger partial charge in [0.2, 0.25) is 0 Å². The van der Waals surface area contributed by atoms with Gasteiger partial charge in [-0.3, -0.25) is 9.25 Å². The van der Waals surface area contributed by atoms with E-state index in [4.69, 9.17) is 0 Å². The summed E-state index contributed by atoms with van der Waals surface area (Å²) in [7, 11) is 1.92. The second-order valence-electron chi connectivity index (χ2n) is 3.41. The lowest BCUT2D eigenvalue weighted by Gasteiger charge is -2.03. The van der Waals surface area contributed by atoms with Crippen LogP contribution in [0.3, 0.4) is 0 Å². The molecule has 0 atom stereocenters. The zero-order valence-corrected chi connectivity index (χ0v) is 8.33. The van der Waals surface area contributed by atoms with Gasteiger partial charge in [0.1, 0.15) is 11.5 Å². The third kappa shape index (κ3) is 1.15. The average Bonchev–Trinajstić information content (AvgIpc) is 2.83. The van der Waals surface area contributed by atoms with Crippen molar-refractivity contribution in [2.24, 2.45) is 7.05 Å². The minimum absolute atomic E-state index is 0.959. The molecule has 3 aromatic heterocycles. The largest absolute Gasteiger partial charge is 0.286 e. The van der Waals surface area contributed by atoms with Crippen molar-refractivity contribution in [2.75, 3.05) is 0 Å². The van der Waals surface area contributed by atoms with E-state index >= 15 is 0 Å². The van der Waals surface area contributed by atoms with Gasteiger partial charge in [-0.05, 0) is 18.2 Å². The van der Waals surface area contributed by atoms with Gasteiger partial charge in [-0.1, -0.05) is 0 Å². The maximum Gasteiger partial charge on any atom is 0.145 e. The predicted octanol–water partition coefficient (Wildman–Crippen LogP) is 1.76. The first-order valence-corrected chi connectivity index (χ1v) is 4.77. The maximum absolute atomic E-state index is 4.36. The second-order valence-corrected chi connectivity index (χ2v) is 3.41. The van der Waals surface area contributed by atoms with Gasteiger partial charge in [0.15, 0.2) is 0 Å². The fraction of sp³-hybridized carbons (Fsp3) is 0.0909. The molecular weight excluding hydrogens is 188 g/mol. The van der Waals surface area contributed by atoms with Crippen molar-refractivity contribution in [3.63, 3.8) is 0 Å². The lowest BCUT2D eigenvalue weighted by Crippen LogP contribution is -2.01. The number of aryl methyl sites for hydroxylation is 1. The van der Waals surface area contributed by atoms with Gasteiger partial charge >= 0.3 is 0 Å². The summed E-state index contributed by atoms with van der Waals surface area (Å²) in [5.74, 6) is 1.02. The van der Waals surface area contributed by atoms with E-state index in [1.807, 2.05) is 34.6 Å². The maximum atomic E-state index is 4.36. The van der Waals surface area contributed by atoms with E-state index in [2.05, 4.69) is 22.2 Å². The van der Waals surface area contributed by atoms with Crippen LogP contribution in [0.2, 0.25) is 0 Å². The third-order valence-corrected chi connectivity index (χ3v) is 2.49. The van der Waals surface area contributed by atoms with Gasteiger partial charge in [0, 0.05) is 30.9 Å². The van der Waals surface area contributed by atoms with E-state index in [-0.39, 0.29) is 0 Å². The zero-order valence-electron chi connectivity index (χ0n) is 8.33. The van der Waals surface area contributed by atoms with Gasteiger partial charge in [0.05, 0.1) is 6.20 Å². The van der Waals surface area contributed by atoms with Crippen molar-refractivity contribution in [1.82, 2.24) is 19.3 Å². The Balaban J connectivity index is 2.32. The number of rotatable bonds is 1. The van der Waals surface area contributed by atoms with E-state index < -0.39 is 0 Å². The SMILES string of the molecule is Cn1nccc1-n1ccc2cccnc21. The number of aromatic nitrogens is 4. The highest BCUT2D eigenvalue weighted by atomic mass is 15.3. The highest BCUT2D eigenvalue weighted by molar-refractivity contribution is 5.77. The monoisotopic (exact) mass is 198 g/mol. The van der Waals surface area contributed by atoms with Crippen molar-refractivity contribution in [3.8, 4) is 5.82 Å². The Morgan fingerprint density at radius 2 is 2.07 bits per heavy atom. The molecule has 0 aromatic carbocycles. The van der Waals surface area contributed by atoms with Crippen LogP contribution in [-0.2, 0) is 7.05 Å². The molecule has 0 unspecified atom stereocenters. The van der Waals surface area contributed by atoms with Crippen LogP contribution in [0.4, 0.5) is 0 Å². The van der Waals surface area contributed by atoms with Crippen molar-refractivity contribution in [1.29, 1.82) is 0 Å². The van der Waals surface area contributed by atoms with Crippen LogP contribution >= 0.6 is 0 Å². The summed E-state index contributed by atoms with van der Waals surface area (Å²) in [5.41, 5.74) is 0.959. The van der Waals surface area contributed by atoms with Crippen molar-refractivity contribution in [2.45, 2.75) is 0 Å². The van der Waals surface area contributed by atoms with Crippen LogP contribution in [-0.4, -0.2) is 19.3 Å². The summed E-state index contributed by atoms with van der Waals surface area (Å²) in [6.07, 6.45) is 5.59. The van der Waals surface area contributed by atoms with Crippen molar-refractivity contribution >= 4 is 11.0 Å². The first-order valence-electron chi connectivity index (χ1n) is 4.77. The molecule has 4 nitrogen and oxygen atoms in total. The fourth-order valence-corrected chi connectivity index (χ4v) is 1.75. The number of pyridine rings is 1. The number of hydrogen-bond donors (Lipinski definition) is 0. The molecular formula is C11H10N4. The van der Waals surface area contributed by atoms with Gasteiger partial charge in [-0.15, -0.1) is 0 Å². The molecule has 0 N–H and O–H groups in total. The van der Waals surface area contributed by atoms with Crippen LogP contribution in [0, 0.1) is 0 Å². The third-order valence-electron chi connectivity index (χ3n) is 2.49. The van der Waals surface area contributed by atoms with Crippen LogP contribution in [0.15, 0.2) is 42.9 Å². The minimum atomic E-state index is 0.959. The van der Waals surface area contributed by atoms with E-state index in [1.165, 1.54) is 0 Å².